The Morgan fingerprint density at radius 3 is 2.75 bits per heavy atom. The van der Waals surface area contributed by atoms with E-state index in [-0.39, 0.29) is 17.9 Å². The van der Waals surface area contributed by atoms with Crippen LogP contribution in [0, 0.1) is 0 Å². The van der Waals surface area contributed by atoms with Gasteiger partial charge in [0.25, 0.3) is 11.5 Å². The first-order valence-corrected chi connectivity index (χ1v) is 11.2. The first kappa shape index (κ1) is 21.4. The van der Waals surface area contributed by atoms with E-state index in [1.165, 1.54) is 17.2 Å². The Morgan fingerprint density at radius 1 is 1.00 bits per heavy atom. The lowest BCUT2D eigenvalue weighted by molar-refractivity contribution is 0.0992. The summed E-state index contributed by atoms with van der Waals surface area (Å²) in [7, 11) is 0. The fourth-order valence-corrected chi connectivity index (χ4v) is 3.97. The molecule has 0 saturated carbocycles. The molecule has 0 aliphatic heterocycles. The predicted octanol–water partition coefficient (Wildman–Crippen LogP) is 4.69. The smallest absolute Gasteiger partial charge is 0.291 e. The number of aromatic amines is 1. The summed E-state index contributed by atoms with van der Waals surface area (Å²) in [6.07, 6.45) is 2.75. The minimum absolute atomic E-state index is 0.141. The molecule has 1 amide bonds. The molecule has 0 radical (unpaired) electrons. The molecule has 3 heterocycles. The molecule has 0 atom stereocenters. The van der Waals surface area contributed by atoms with E-state index < -0.39 is 5.91 Å². The fraction of sp³-hybridized carbons (Fsp3) is 0.0370. The third-order valence-electron chi connectivity index (χ3n) is 5.74. The van der Waals surface area contributed by atoms with E-state index in [0.29, 0.717) is 33.9 Å². The monoisotopic (exact) mass is 477 g/mol. The molecule has 0 spiro atoms. The first-order valence-electron chi connectivity index (χ1n) is 11.2. The molecule has 0 saturated heterocycles. The van der Waals surface area contributed by atoms with Crippen molar-refractivity contribution in [3.63, 3.8) is 0 Å². The number of aromatic nitrogens is 4. The molecule has 0 bridgehead atoms. The Balaban J connectivity index is 1.19. The Labute approximate surface area is 204 Å². The molecule has 3 aromatic carbocycles. The zero-order chi connectivity index (χ0) is 24.5. The van der Waals surface area contributed by atoms with Crippen LogP contribution in [0.3, 0.4) is 0 Å². The molecule has 9 nitrogen and oxygen atoms in total. The maximum absolute atomic E-state index is 12.9. The minimum Gasteiger partial charge on any atom is -0.486 e. The summed E-state index contributed by atoms with van der Waals surface area (Å²) in [6, 6.07) is 24.3. The van der Waals surface area contributed by atoms with E-state index in [4.69, 9.17) is 9.15 Å². The van der Waals surface area contributed by atoms with E-state index in [1.54, 1.807) is 36.4 Å². The summed E-state index contributed by atoms with van der Waals surface area (Å²) in [5.41, 5.74) is 1.14. The number of hydrogen-bond acceptors (Lipinski definition) is 6. The summed E-state index contributed by atoms with van der Waals surface area (Å²) in [4.78, 5) is 31.7. The van der Waals surface area contributed by atoms with Crippen molar-refractivity contribution >= 4 is 33.4 Å². The van der Waals surface area contributed by atoms with Crippen molar-refractivity contribution in [3.8, 4) is 11.4 Å². The molecule has 36 heavy (non-hydrogen) atoms. The van der Waals surface area contributed by atoms with Gasteiger partial charge in [-0.2, -0.15) is 5.10 Å². The van der Waals surface area contributed by atoms with Crippen molar-refractivity contribution in [1.29, 1.82) is 0 Å². The van der Waals surface area contributed by atoms with Gasteiger partial charge in [-0.1, -0.05) is 42.5 Å². The van der Waals surface area contributed by atoms with Crippen LogP contribution in [-0.2, 0) is 6.61 Å². The standard InChI is InChI=1S/C27H19N5O4/c33-26-21-14-30-32(25(21)28-16-29-26)23-8-4-3-7-22(23)31-27(34)24-12-11-20(36-24)15-35-19-10-9-17-5-1-2-6-18(17)13-19/h1-14,16H,15H2,(H,31,34)(H,28,29,33). The van der Waals surface area contributed by atoms with Crippen molar-refractivity contribution in [2.75, 3.05) is 5.32 Å². The highest BCUT2D eigenvalue weighted by molar-refractivity contribution is 6.03. The van der Waals surface area contributed by atoms with Gasteiger partial charge < -0.3 is 19.5 Å². The number of amides is 1. The molecule has 0 fully saturated rings. The average molecular weight is 477 g/mol. The zero-order valence-electron chi connectivity index (χ0n) is 18.8. The van der Waals surface area contributed by atoms with Crippen LogP contribution in [0.2, 0.25) is 0 Å². The van der Waals surface area contributed by atoms with Gasteiger partial charge in [-0.05, 0) is 47.2 Å². The predicted molar refractivity (Wildman–Crippen MR) is 134 cm³/mol. The highest BCUT2D eigenvalue weighted by Gasteiger charge is 2.17. The van der Waals surface area contributed by atoms with E-state index >= 15 is 0 Å². The average Bonchev–Trinajstić information content (AvgIpc) is 3.56. The molecule has 0 aliphatic rings. The van der Waals surface area contributed by atoms with E-state index in [1.807, 2.05) is 42.5 Å². The second-order valence-electron chi connectivity index (χ2n) is 8.06. The Morgan fingerprint density at radius 2 is 1.83 bits per heavy atom. The Bertz CT molecular complexity index is 1780. The van der Waals surface area contributed by atoms with Crippen LogP contribution in [0.15, 0.2) is 101 Å². The number of carbonyl (C=O) groups excluding carboxylic acids is 1. The van der Waals surface area contributed by atoms with Crippen molar-refractivity contribution in [2.45, 2.75) is 6.61 Å². The van der Waals surface area contributed by atoms with Crippen molar-refractivity contribution < 1.29 is 13.9 Å². The lowest BCUT2D eigenvalue weighted by Gasteiger charge is -2.10. The van der Waals surface area contributed by atoms with Gasteiger partial charge in [0.2, 0.25) is 0 Å². The Hall–Kier alpha value is -5.18. The van der Waals surface area contributed by atoms with Crippen LogP contribution < -0.4 is 15.6 Å². The van der Waals surface area contributed by atoms with Crippen molar-refractivity contribution in [1.82, 2.24) is 19.7 Å². The topological polar surface area (TPSA) is 115 Å². The molecule has 6 aromatic rings. The number of ether oxygens (including phenoxy) is 1. The number of rotatable bonds is 6. The first-order chi connectivity index (χ1) is 17.7. The number of fused-ring (bicyclic) bond motifs is 2. The maximum atomic E-state index is 12.9. The number of furan rings is 1. The normalized spacial score (nSPS) is 11.1. The second-order valence-corrected chi connectivity index (χ2v) is 8.06. The molecular formula is C27H19N5O4. The third kappa shape index (κ3) is 3.98. The number of nitrogens with zero attached hydrogens (tertiary/aromatic N) is 3. The van der Waals surface area contributed by atoms with Crippen LogP contribution in [0.5, 0.6) is 5.75 Å². The van der Waals surface area contributed by atoms with Crippen molar-refractivity contribution in [2.24, 2.45) is 0 Å². The number of H-pyrrole nitrogens is 1. The van der Waals surface area contributed by atoms with Crippen LogP contribution in [0.25, 0.3) is 27.5 Å². The van der Waals surface area contributed by atoms with Crippen LogP contribution >= 0.6 is 0 Å². The largest absolute Gasteiger partial charge is 0.486 e. The number of hydrogen-bond donors (Lipinski definition) is 2. The third-order valence-corrected chi connectivity index (χ3v) is 5.74. The van der Waals surface area contributed by atoms with E-state index in [0.717, 1.165) is 10.8 Å². The van der Waals surface area contributed by atoms with Crippen LogP contribution in [0.1, 0.15) is 16.3 Å². The Kier molecular flexibility index (Phi) is 5.27. The van der Waals surface area contributed by atoms with Gasteiger partial charge in [-0.3, -0.25) is 9.59 Å². The maximum Gasteiger partial charge on any atom is 0.291 e. The molecule has 176 valence electrons. The number of para-hydroxylation sites is 2. The number of carbonyl (C=O) groups is 1. The molecule has 6 rings (SSSR count). The minimum atomic E-state index is -0.429. The van der Waals surface area contributed by atoms with E-state index in [2.05, 4.69) is 20.4 Å². The molecule has 0 aliphatic carbocycles. The number of nitrogens with one attached hydrogen (secondary N) is 2. The van der Waals surface area contributed by atoms with Crippen molar-refractivity contribution in [3.05, 3.63) is 113 Å². The second kappa shape index (κ2) is 8.88. The summed E-state index contributed by atoms with van der Waals surface area (Å²) in [6.45, 7) is 0.182. The molecule has 0 unspecified atom stereocenters. The lowest BCUT2D eigenvalue weighted by Crippen LogP contribution is -2.14. The van der Waals surface area contributed by atoms with Gasteiger partial charge in [0, 0.05) is 0 Å². The van der Waals surface area contributed by atoms with Gasteiger partial charge in [0.15, 0.2) is 11.4 Å². The summed E-state index contributed by atoms with van der Waals surface area (Å²) >= 11 is 0. The highest BCUT2D eigenvalue weighted by atomic mass is 16.5. The molecular weight excluding hydrogens is 458 g/mol. The zero-order valence-corrected chi connectivity index (χ0v) is 18.8. The number of benzene rings is 3. The van der Waals surface area contributed by atoms with Crippen LogP contribution in [0.4, 0.5) is 5.69 Å². The fourth-order valence-electron chi connectivity index (χ4n) is 3.97. The van der Waals surface area contributed by atoms with Gasteiger partial charge in [-0.25, -0.2) is 9.67 Å². The SMILES string of the molecule is O=C(Nc1ccccc1-n1ncc2c(=O)[nH]cnc21)c1ccc(COc2ccc3ccccc3c2)o1. The molecule has 9 heteroatoms. The van der Waals surface area contributed by atoms with Gasteiger partial charge in [-0.15, -0.1) is 0 Å². The summed E-state index contributed by atoms with van der Waals surface area (Å²) in [5.74, 6) is 0.940. The summed E-state index contributed by atoms with van der Waals surface area (Å²) in [5, 5.41) is 9.70. The summed E-state index contributed by atoms with van der Waals surface area (Å²) < 4.78 is 13.1. The lowest BCUT2D eigenvalue weighted by atomic mass is 10.1. The van der Waals surface area contributed by atoms with E-state index in [9.17, 15) is 9.59 Å². The van der Waals surface area contributed by atoms with Crippen LogP contribution in [-0.4, -0.2) is 25.7 Å². The van der Waals surface area contributed by atoms with Gasteiger partial charge >= 0.3 is 0 Å². The quantitative estimate of drug-likeness (QED) is 0.360. The molecule has 3 aromatic heterocycles. The number of anilines is 1. The molecule has 2 N–H and O–H groups in total. The van der Waals surface area contributed by atoms with Gasteiger partial charge in [0.05, 0.1) is 23.9 Å². The van der Waals surface area contributed by atoms with Gasteiger partial charge in [0.1, 0.15) is 23.5 Å². The highest BCUT2D eigenvalue weighted by Crippen LogP contribution is 2.24.